The third-order valence-corrected chi connectivity index (χ3v) is 4.55. The number of carboxylic acids is 1. The fourth-order valence-corrected chi connectivity index (χ4v) is 3.24. The summed E-state index contributed by atoms with van der Waals surface area (Å²) in [5.41, 5.74) is -0.126. The molecule has 1 aromatic carbocycles. The molecule has 32 heavy (non-hydrogen) atoms. The first-order chi connectivity index (χ1) is 14.5. The molecule has 0 aliphatic carbocycles. The van der Waals surface area contributed by atoms with Gasteiger partial charge in [-0.1, -0.05) is 26.0 Å². The topological polar surface area (TPSA) is 117 Å². The van der Waals surface area contributed by atoms with Crippen LogP contribution in [0.2, 0.25) is 0 Å². The predicted octanol–water partition coefficient (Wildman–Crippen LogP) is 4.34. The van der Waals surface area contributed by atoms with Gasteiger partial charge in [0.1, 0.15) is 17.7 Å². The number of carboxylic acid groups (broad SMARTS) is 1. The van der Waals surface area contributed by atoms with Crippen LogP contribution in [-0.4, -0.2) is 51.7 Å². The number of benzene rings is 1. The van der Waals surface area contributed by atoms with Gasteiger partial charge < -0.3 is 30.3 Å². The van der Waals surface area contributed by atoms with Crippen LogP contribution >= 0.6 is 0 Å². The lowest BCUT2D eigenvalue weighted by molar-refractivity contribution is -0.138. The van der Waals surface area contributed by atoms with Crippen LogP contribution in [0, 0.1) is 5.92 Å². The van der Waals surface area contributed by atoms with Gasteiger partial charge in [0.15, 0.2) is 0 Å². The van der Waals surface area contributed by atoms with E-state index in [1.54, 1.807) is 52.0 Å². The first kappa shape index (κ1) is 27.7. The fraction of sp³-hybridized carbons (Fsp3) is 0.667. The second-order valence-electron chi connectivity index (χ2n) is 10.4. The van der Waals surface area contributed by atoms with Crippen LogP contribution in [0.15, 0.2) is 24.3 Å². The molecule has 2 unspecified atom stereocenters. The quantitative estimate of drug-likeness (QED) is 0.440. The van der Waals surface area contributed by atoms with Crippen molar-refractivity contribution in [3.63, 3.8) is 0 Å². The van der Waals surface area contributed by atoms with Crippen molar-refractivity contribution in [1.82, 2.24) is 5.32 Å². The molecule has 0 aliphatic heterocycles. The van der Waals surface area contributed by atoms with E-state index in [1.807, 2.05) is 34.6 Å². The van der Waals surface area contributed by atoms with E-state index in [0.717, 1.165) is 0 Å². The van der Waals surface area contributed by atoms with Gasteiger partial charge >= 0.3 is 12.1 Å². The van der Waals surface area contributed by atoms with Gasteiger partial charge in [-0.25, -0.2) is 9.59 Å². The molecule has 4 N–H and O–H groups in total. The van der Waals surface area contributed by atoms with Crippen molar-refractivity contribution in [1.29, 1.82) is 0 Å². The zero-order chi connectivity index (χ0) is 24.9. The molecular formula is C24H40N2O6. The molecule has 4 atom stereocenters. The second-order valence-corrected chi connectivity index (χ2v) is 10.4. The van der Waals surface area contributed by atoms with Gasteiger partial charge in [0, 0.05) is 5.69 Å². The molecule has 1 aromatic rings. The lowest BCUT2D eigenvalue weighted by Crippen LogP contribution is -2.50. The zero-order valence-electron chi connectivity index (χ0n) is 20.7. The minimum Gasteiger partial charge on any atom is -0.480 e. The van der Waals surface area contributed by atoms with Gasteiger partial charge in [-0.15, -0.1) is 0 Å². The first-order valence-electron chi connectivity index (χ1n) is 10.9. The molecule has 0 spiro atoms. The molecule has 0 bridgehead atoms. The average molecular weight is 453 g/mol. The minimum atomic E-state index is -1.12. The average Bonchev–Trinajstić information content (AvgIpc) is 2.60. The van der Waals surface area contributed by atoms with Crippen molar-refractivity contribution in [3.8, 4) is 0 Å². The number of aliphatic carboxylic acids is 1. The highest BCUT2D eigenvalue weighted by Crippen LogP contribution is 2.26. The number of carbonyl (C=O) groups is 2. The Labute approximate surface area is 191 Å². The Hall–Kier alpha value is -2.32. The van der Waals surface area contributed by atoms with Gasteiger partial charge in [0.25, 0.3) is 0 Å². The Balaban J connectivity index is 3.18. The number of aliphatic hydroxyl groups excluding tert-OH is 1. The monoisotopic (exact) mass is 452 g/mol. The van der Waals surface area contributed by atoms with Crippen molar-refractivity contribution in [2.75, 3.05) is 5.32 Å². The normalized spacial score (nSPS) is 16.1. The molecule has 0 heterocycles. The van der Waals surface area contributed by atoms with Gasteiger partial charge in [-0.2, -0.15) is 0 Å². The van der Waals surface area contributed by atoms with E-state index in [-0.39, 0.29) is 5.92 Å². The highest BCUT2D eigenvalue weighted by atomic mass is 16.6. The highest BCUT2D eigenvalue weighted by Gasteiger charge is 2.33. The number of alkyl carbamates (subject to hydrolysis) is 1. The van der Waals surface area contributed by atoms with E-state index in [9.17, 15) is 19.8 Å². The van der Waals surface area contributed by atoms with Crippen LogP contribution < -0.4 is 10.6 Å². The number of rotatable bonds is 9. The van der Waals surface area contributed by atoms with Crippen LogP contribution in [0.5, 0.6) is 0 Å². The summed E-state index contributed by atoms with van der Waals surface area (Å²) in [5.74, 6) is -1.09. The Morgan fingerprint density at radius 1 is 1.00 bits per heavy atom. The van der Waals surface area contributed by atoms with Gasteiger partial charge in [-0.3, -0.25) is 0 Å². The SMILES string of the molecule is CC(OC(C)(C)C)[C@H](NC(=O)OC(C)(C)C)C(O)c1cccc(N[C@H](C(=O)O)C(C)C)c1. The van der Waals surface area contributed by atoms with Gasteiger partial charge in [0.2, 0.25) is 0 Å². The number of carbonyl (C=O) groups excluding carboxylic acids is 1. The molecule has 0 aromatic heterocycles. The molecule has 182 valence electrons. The highest BCUT2D eigenvalue weighted by molar-refractivity contribution is 5.77. The van der Waals surface area contributed by atoms with E-state index < -0.39 is 47.6 Å². The van der Waals surface area contributed by atoms with Crippen molar-refractivity contribution < 1.29 is 29.3 Å². The molecule has 0 radical (unpaired) electrons. The lowest BCUT2D eigenvalue weighted by atomic mass is 9.97. The number of amides is 1. The maximum atomic E-state index is 12.5. The number of ether oxygens (including phenoxy) is 2. The summed E-state index contributed by atoms with van der Waals surface area (Å²) >= 11 is 0. The molecule has 0 saturated carbocycles. The van der Waals surface area contributed by atoms with Crippen LogP contribution in [0.4, 0.5) is 10.5 Å². The lowest BCUT2D eigenvalue weighted by Gasteiger charge is -2.34. The van der Waals surface area contributed by atoms with E-state index in [2.05, 4.69) is 10.6 Å². The first-order valence-corrected chi connectivity index (χ1v) is 10.9. The molecule has 1 rings (SSSR count). The summed E-state index contributed by atoms with van der Waals surface area (Å²) in [6, 6.07) is 5.27. The van der Waals surface area contributed by atoms with E-state index in [1.165, 1.54) is 0 Å². The largest absolute Gasteiger partial charge is 0.480 e. The zero-order valence-corrected chi connectivity index (χ0v) is 20.7. The van der Waals surface area contributed by atoms with Crippen LogP contribution in [-0.2, 0) is 14.3 Å². The molecular weight excluding hydrogens is 412 g/mol. The third kappa shape index (κ3) is 9.44. The number of hydrogen-bond acceptors (Lipinski definition) is 6. The van der Waals surface area contributed by atoms with Crippen LogP contribution in [0.1, 0.15) is 74.0 Å². The minimum absolute atomic E-state index is 0.136. The number of anilines is 1. The number of aliphatic hydroxyl groups is 1. The molecule has 1 amide bonds. The number of hydrogen-bond donors (Lipinski definition) is 4. The smallest absolute Gasteiger partial charge is 0.408 e. The van der Waals surface area contributed by atoms with E-state index in [4.69, 9.17) is 9.47 Å². The molecule has 8 nitrogen and oxygen atoms in total. The Morgan fingerprint density at radius 2 is 1.59 bits per heavy atom. The summed E-state index contributed by atoms with van der Waals surface area (Å²) in [6.45, 7) is 16.4. The van der Waals surface area contributed by atoms with Crippen molar-refractivity contribution >= 4 is 17.7 Å². The summed E-state index contributed by atoms with van der Waals surface area (Å²) in [5, 5.41) is 26.4. The third-order valence-electron chi connectivity index (χ3n) is 4.55. The summed E-state index contributed by atoms with van der Waals surface area (Å²) in [6.07, 6.45) is -2.33. The Morgan fingerprint density at radius 3 is 2.06 bits per heavy atom. The summed E-state index contributed by atoms with van der Waals surface area (Å²) in [4.78, 5) is 24.0. The molecule has 8 heteroatoms. The van der Waals surface area contributed by atoms with Gasteiger partial charge in [-0.05, 0) is 72.1 Å². The maximum Gasteiger partial charge on any atom is 0.408 e. The number of nitrogens with one attached hydrogen (secondary N) is 2. The predicted molar refractivity (Wildman–Crippen MR) is 125 cm³/mol. The summed E-state index contributed by atoms with van der Waals surface area (Å²) < 4.78 is 11.4. The second kappa shape index (κ2) is 11.0. The maximum absolute atomic E-state index is 12.5. The Bertz CT molecular complexity index is 766. The fourth-order valence-electron chi connectivity index (χ4n) is 3.24. The molecule has 0 fully saturated rings. The van der Waals surface area contributed by atoms with Crippen molar-refractivity contribution in [3.05, 3.63) is 29.8 Å². The molecule has 0 aliphatic rings. The van der Waals surface area contributed by atoms with Gasteiger partial charge in [0.05, 0.1) is 17.7 Å². The van der Waals surface area contributed by atoms with E-state index in [0.29, 0.717) is 11.3 Å². The van der Waals surface area contributed by atoms with Crippen LogP contribution in [0.25, 0.3) is 0 Å². The van der Waals surface area contributed by atoms with Crippen molar-refractivity contribution in [2.45, 2.75) is 97.8 Å². The van der Waals surface area contributed by atoms with Crippen LogP contribution in [0.3, 0.4) is 0 Å². The summed E-state index contributed by atoms with van der Waals surface area (Å²) in [7, 11) is 0. The standard InChI is InChI=1S/C24H40N2O6/c1-14(2)18(21(28)29)25-17-12-10-11-16(13-17)20(27)19(15(3)31-23(4,5)6)26-22(30)32-24(7,8)9/h10-15,18-20,25,27H,1-9H3,(H,26,30)(H,28,29)/t15?,18-,19-,20?/m0/s1. The van der Waals surface area contributed by atoms with E-state index >= 15 is 0 Å². The Kier molecular flexibility index (Phi) is 9.53. The van der Waals surface area contributed by atoms with Crippen molar-refractivity contribution in [2.24, 2.45) is 5.92 Å². The molecule has 0 saturated heterocycles.